The highest BCUT2D eigenvalue weighted by atomic mass is 32.2. The van der Waals surface area contributed by atoms with Crippen molar-refractivity contribution < 1.29 is 25.6 Å². The minimum absolute atomic E-state index is 0.191. The fourth-order valence-corrected chi connectivity index (χ4v) is 2.39. The Kier molecular flexibility index (Phi) is 4.73. The Morgan fingerprint density at radius 3 is 2.48 bits per heavy atom. The van der Waals surface area contributed by atoms with Crippen molar-refractivity contribution in [2.75, 3.05) is 6.56 Å². The number of aliphatic hydroxyl groups is 1. The Bertz CT molecular complexity index is 562. The minimum atomic E-state index is -4.42. The molecule has 0 radical (unpaired) electrons. The van der Waals surface area contributed by atoms with Gasteiger partial charge in [-0.15, -0.1) is 4.72 Å². The monoisotopic (exact) mass is 325 g/mol. The number of benzene rings is 1. The maximum atomic E-state index is 14.4. The first-order valence-corrected chi connectivity index (χ1v) is 7.41. The lowest BCUT2D eigenvalue weighted by Gasteiger charge is -2.27. The van der Waals surface area contributed by atoms with E-state index >= 15 is 0 Å². The van der Waals surface area contributed by atoms with Crippen molar-refractivity contribution >= 4 is 11.4 Å². The Balaban J connectivity index is 3.20. The molecule has 1 aromatic rings. The minimum Gasteiger partial charge on any atom is -0.598 e. The van der Waals surface area contributed by atoms with Gasteiger partial charge in [0.2, 0.25) is 0 Å². The molecule has 0 heterocycles. The average Bonchev–Trinajstić information content (AvgIpc) is 2.35. The number of rotatable bonds is 5. The van der Waals surface area contributed by atoms with Crippen LogP contribution in [0, 0.1) is 5.82 Å². The summed E-state index contributed by atoms with van der Waals surface area (Å²) < 4.78 is 69.7. The van der Waals surface area contributed by atoms with Gasteiger partial charge in [-0.1, -0.05) is 12.1 Å². The van der Waals surface area contributed by atoms with Crippen LogP contribution in [-0.2, 0) is 17.3 Å². The first-order valence-electron chi connectivity index (χ1n) is 7.26. The summed E-state index contributed by atoms with van der Waals surface area (Å²) in [5.74, 6) is -5.77. The first-order chi connectivity index (χ1) is 10.2. The maximum Gasteiger partial charge on any atom is 0.298 e. The van der Waals surface area contributed by atoms with E-state index in [9.17, 15) is 17.7 Å². The summed E-state index contributed by atoms with van der Waals surface area (Å²) in [6.07, 6.45) is 0. The molecule has 0 aromatic heterocycles. The van der Waals surface area contributed by atoms with Gasteiger partial charge in [0.15, 0.2) is 0 Å². The van der Waals surface area contributed by atoms with E-state index in [1.165, 1.54) is 13.0 Å². The molecule has 1 rings (SSSR count). The van der Waals surface area contributed by atoms with Crippen LogP contribution in [0.1, 0.15) is 47.6 Å². The molecule has 0 fully saturated rings. The number of alkyl halides is 2. The lowest BCUT2D eigenvalue weighted by Crippen LogP contribution is -2.40. The Labute approximate surface area is 128 Å². The molecule has 21 heavy (non-hydrogen) atoms. The lowest BCUT2D eigenvalue weighted by molar-refractivity contribution is -0.0584. The molecule has 0 saturated carbocycles. The number of hydrogen-bond donors (Lipinski definition) is 2. The van der Waals surface area contributed by atoms with Gasteiger partial charge in [-0.25, -0.2) is 4.39 Å². The molecule has 0 aliphatic carbocycles. The lowest BCUT2D eigenvalue weighted by atomic mass is 10.0. The van der Waals surface area contributed by atoms with Gasteiger partial charge >= 0.3 is 0 Å². The van der Waals surface area contributed by atoms with Crippen molar-refractivity contribution in [3.8, 4) is 0 Å². The third-order valence-electron chi connectivity index (χ3n) is 2.81. The molecule has 0 amide bonds. The van der Waals surface area contributed by atoms with E-state index < -0.39 is 46.0 Å². The van der Waals surface area contributed by atoms with Crippen molar-refractivity contribution in [2.45, 2.75) is 44.4 Å². The van der Waals surface area contributed by atoms with Crippen LogP contribution >= 0.6 is 0 Å². The Hall–Kier alpha value is -0.760. The van der Waals surface area contributed by atoms with Crippen LogP contribution in [-0.4, -0.2) is 21.0 Å². The third-order valence-corrected chi connectivity index (χ3v) is 4.49. The molecule has 0 saturated heterocycles. The van der Waals surface area contributed by atoms with Crippen LogP contribution in [0.3, 0.4) is 0 Å². The largest absolute Gasteiger partial charge is 0.598 e. The molecule has 0 unspecified atom stereocenters. The topological polar surface area (TPSA) is 55.3 Å². The molecule has 1 aromatic carbocycles. The van der Waals surface area contributed by atoms with Gasteiger partial charge in [0, 0.05) is 16.9 Å². The molecule has 0 spiro atoms. The summed E-state index contributed by atoms with van der Waals surface area (Å²) in [4.78, 5) is 0. The zero-order chi connectivity index (χ0) is 18.2. The molecule has 2 atom stereocenters. The molecule has 0 aliphatic heterocycles. The molecule has 2 N–H and O–H groups in total. The first kappa shape index (κ1) is 15.1. The normalized spacial score (nSPS) is 18.0. The van der Waals surface area contributed by atoms with Gasteiger partial charge in [-0.2, -0.15) is 8.78 Å². The molecular weight excluding hydrogens is 303 g/mol. The molecule has 120 valence electrons. The molecule has 0 bridgehead atoms. The fourth-order valence-electron chi connectivity index (χ4n) is 1.59. The Morgan fingerprint density at radius 2 is 2.00 bits per heavy atom. The fraction of sp³-hybridized carbons (Fsp3) is 0.571. The Morgan fingerprint density at radius 1 is 1.43 bits per heavy atom. The van der Waals surface area contributed by atoms with Gasteiger partial charge in [0.1, 0.15) is 17.1 Å². The van der Waals surface area contributed by atoms with E-state index in [0.717, 1.165) is 6.07 Å². The number of halogens is 3. The average molecular weight is 325 g/mol. The highest BCUT2D eigenvalue weighted by molar-refractivity contribution is 7.90. The molecule has 0 aliphatic rings. The van der Waals surface area contributed by atoms with Crippen LogP contribution in [0.4, 0.5) is 13.2 Å². The molecular formula is C14H20F3NO2S. The third kappa shape index (κ3) is 4.35. The number of nitrogens with one attached hydrogen (secondary N) is 1. The summed E-state index contributed by atoms with van der Waals surface area (Å²) in [6.45, 7) is 2.65. The number of hydrogen-bond acceptors (Lipinski definition) is 3. The van der Waals surface area contributed by atoms with Crippen molar-refractivity contribution in [1.29, 1.82) is 0 Å². The van der Waals surface area contributed by atoms with Gasteiger partial charge in [-0.3, -0.25) is 0 Å². The zero-order valence-electron chi connectivity index (χ0n) is 14.2. The van der Waals surface area contributed by atoms with Crippen molar-refractivity contribution in [2.24, 2.45) is 0 Å². The van der Waals surface area contributed by atoms with Gasteiger partial charge in [0.25, 0.3) is 5.92 Å². The second-order valence-corrected chi connectivity index (χ2v) is 7.61. The predicted octanol–water partition coefficient (Wildman–Crippen LogP) is 3.02. The van der Waals surface area contributed by atoms with E-state index in [-0.39, 0.29) is 5.56 Å². The van der Waals surface area contributed by atoms with Crippen molar-refractivity contribution in [3.63, 3.8) is 0 Å². The van der Waals surface area contributed by atoms with E-state index in [1.807, 2.05) is 0 Å². The second-order valence-electron chi connectivity index (χ2n) is 5.62. The highest BCUT2D eigenvalue weighted by Gasteiger charge is 2.36. The second kappa shape index (κ2) is 6.56. The standard InChI is InChI=1S/C14H20F3NO2S/c1-9(18-21(20)13(2,3)4)10-6-5-7-11(12(10)15)14(16,17)8-19/h5-7,9,18-19H,8H2,1-4H3/t9-,21-/m1/s1/i8D2. The molecule has 7 heteroatoms. The quantitative estimate of drug-likeness (QED) is 0.818. The van der Waals surface area contributed by atoms with Crippen molar-refractivity contribution in [3.05, 3.63) is 35.1 Å². The SMILES string of the molecule is [2H]C([2H])(O)C(F)(F)c1cccc([C@@H](C)N[S@+]([O-])C(C)(C)C)c1F. The summed E-state index contributed by atoms with van der Waals surface area (Å²) in [5, 5.41) is 8.96. The predicted molar refractivity (Wildman–Crippen MR) is 76.8 cm³/mol. The smallest absolute Gasteiger partial charge is 0.298 e. The van der Waals surface area contributed by atoms with Crippen molar-refractivity contribution in [1.82, 2.24) is 4.72 Å². The van der Waals surface area contributed by atoms with E-state index in [4.69, 9.17) is 7.85 Å². The van der Waals surface area contributed by atoms with Crippen LogP contribution in [0.25, 0.3) is 0 Å². The van der Waals surface area contributed by atoms with Gasteiger partial charge in [0.05, 0.1) is 14.3 Å². The zero-order valence-corrected chi connectivity index (χ0v) is 13.0. The van der Waals surface area contributed by atoms with Gasteiger partial charge in [-0.05, 0) is 33.8 Å². The van der Waals surface area contributed by atoms with E-state index in [0.29, 0.717) is 6.07 Å². The van der Waals surface area contributed by atoms with E-state index in [2.05, 4.69) is 4.72 Å². The summed E-state index contributed by atoms with van der Waals surface area (Å²) in [7, 11) is 0. The van der Waals surface area contributed by atoms with Gasteiger partial charge < -0.3 is 9.66 Å². The van der Waals surface area contributed by atoms with Crippen LogP contribution < -0.4 is 4.72 Å². The molecule has 3 nitrogen and oxygen atoms in total. The highest BCUT2D eigenvalue weighted by Crippen LogP contribution is 2.32. The van der Waals surface area contributed by atoms with Crippen LogP contribution in [0.15, 0.2) is 18.2 Å². The summed E-state index contributed by atoms with van der Waals surface area (Å²) in [6, 6.07) is 2.22. The summed E-state index contributed by atoms with van der Waals surface area (Å²) >= 11 is -1.55. The van der Waals surface area contributed by atoms with Crippen LogP contribution in [0.2, 0.25) is 0 Å². The summed E-state index contributed by atoms with van der Waals surface area (Å²) in [5.41, 5.74) is -1.44. The van der Waals surface area contributed by atoms with E-state index in [1.54, 1.807) is 20.8 Å². The maximum absolute atomic E-state index is 14.4. The van der Waals surface area contributed by atoms with Crippen LogP contribution in [0.5, 0.6) is 0 Å².